The van der Waals surface area contributed by atoms with Crippen LogP contribution in [0.2, 0.25) is 0 Å². The molecule has 1 atom stereocenters. The van der Waals surface area contributed by atoms with Gasteiger partial charge in [0.15, 0.2) is 0 Å². The molecule has 18 heavy (non-hydrogen) atoms. The van der Waals surface area contributed by atoms with E-state index in [1.807, 2.05) is 0 Å². The van der Waals surface area contributed by atoms with E-state index in [4.69, 9.17) is 5.73 Å². The fourth-order valence-electron chi connectivity index (χ4n) is 3.30. The summed E-state index contributed by atoms with van der Waals surface area (Å²) in [5.74, 6) is 0. The molecule has 94 valence electrons. The Balaban J connectivity index is 1.90. The Bertz CT molecular complexity index is 619. The van der Waals surface area contributed by atoms with Gasteiger partial charge in [-0.1, -0.05) is 13.0 Å². The normalized spacial score (nSPS) is 25.1. The van der Waals surface area contributed by atoms with Crippen LogP contribution in [0.3, 0.4) is 0 Å². The minimum atomic E-state index is 0.344. The lowest BCUT2D eigenvalue weighted by atomic mass is 9.90. The number of hydrogen-bond donors (Lipinski definition) is 2. The fourth-order valence-corrected chi connectivity index (χ4v) is 3.30. The minimum Gasteiger partial charge on any atom is -0.358 e. The Hall–Kier alpha value is -1.28. The maximum Gasteiger partial charge on any atom is 0.0459 e. The molecule has 0 saturated heterocycles. The average Bonchev–Trinajstić information content (AvgIpc) is 3.01. The van der Waals surface area contributed by atoms with Crippen LogP contribution >= 0.6 is 0 Å². The second kappa shape index (κ2) is 3.39. The molecule has 2 nitrogen and oxygen atoms in total. The van der Waals surface area contributed by atoms with Crippen molar-refractivity contribution in [2.24, 2.45) is 5.73 Å². The largest absolute Gasteiger partial charge is 0.358 e. The number of aromatic nitrogens is 1. The molecule has 0 bridgehead atoms. The Kier molecular flexibility index (Phi) is 2.00. The van der Waals surface area contributed by atoms with E-state index in [-0.39, 0.29) is 0 Å². The van der Waals surface area contributed by atoms with Crippen LogP contribution in [0.4, 0.5) is 0 Å². The third-order valence-electron chi connectivity index (χ3n) is 4.92. The van der Waals surface area contributed by atoms with Crippen LogP contribution in [-0.4, -0.2) is 11.0 Å². The molecule has 2 heteroatoms. The van der Waals surface area contributed by atoms with E-state index < -0.39 is 0 Å². The molecule has 2 aliphatic carbocycles. The van der Waals surface area contributed by atoms with E-state index in [2.05, 4.69) is 30.1 Å². The average molecular weight is 240 g/mol. The molecule has 0 unspecified atom stereocenters. The first-order chi connectivity index (χ1) is 8.66. The number of aromatic amines is 1. The molecular weight excluding hydrogens is 220 g/mol. The van der Waals surface area contributed by atoms with Crippen LogP contribution in [0.5, 0.6) is 0 Å². The monoisotopic (exact) mass is 240 g/mol. The van der Waals surface area contributed by atoms with Crippen LogP contribution in [0.25, 0.3) is 10.9 Å². The van der Waals surface area contributed by atoms with E-state index >= 15 is 0 Å². The van der Waals surface area contributed by atoms with Crippen LogP contribution < -0.4 is 5.73 Å². The summed E-state index contributed by atoms with van der Waals surface area (Å²) in [7, 11) is 0. The molecule has 0 aliphatic heterocycles. The van der Waals surface area contributed by atoms with Crippen molar-refractivity contribution in [2.75, 3.05) is 0 Å². The standard InChI is InChI=1S/C16H20N2/c1-16(6-7-16)10-2-4-14-12(8-10)13-9-11(17)3-5-15(13)18-14/h2,4,8,11,18H,3,5-7,9,17H2,1H3/t11-/m1/s1. The van der Waals surface area contributed by atoms with Gasteiger partial charge in [-0.05, 0) is 60.8 Å². The molecule has 1 fully saturated rings. The summed E-state index contributed by atoms with van der Waals surface area (Å²) in [5.41, 5.74) is 12.3. The molecule has 0 amide bonds. The molecule has 2 aliphatic rings. The van der Waals surface area contributed by atoms with Crippen LogP contribution in [0, 0.1) is 0 Å². The zero-order chi connectivity index (χ0) is 12.3. The van der Waals surface area contributed by atoms with Gasteiger partial charge in [0.05, 0.1) is 0 Å². The molecule has 1 heterocycles. The summed E-state index contributed by atoms with van der Waals surface area (Å²) in [5, 5.41) is 1.42. The van der Waals surface area contributed by atoms with Crippen molar-refractivity contribution < 1.29 is 0 Å². The highest BCUT2D eigenvalue weighted by atomic mass is 14.7. The van der Waals surface area contributed by atoms with Gasteiger partial charge in [-0.15, -0.1) is 0 Å². The van der Waals surface area contributed by atoms with Crippen LogP contribution in [-0.2, 0) is 18.3 Å². The first-order valence-corrected chi connectivity index (χ1v) is 7.05. The number of fused-ring (bicyclic) bond motifs is 3. The molecule has 1 saturated carbocycles. The van der Waals surface area contributed by atoms with Crippen molar-refractivity contribution in [1.29, 1.82) is 0 Å². The van der Waals surface area contributed by atoms with E-state index in [1.165, 1.54) is 40.6 Å². The highest BCUT2D eigenvalue weighted by molar-refractivity contribution is 5.86. The third-order valence-corrected chi connectivity index (χ3v) is 4.92. The lowest BCUT2D eigenvalue weighted by molar-refractivity contribution is 0.574. The number of nitrogens with one attached hydrogen (secondary N) is 1. The second-order valence-electron chi connectivity index (χ2n) is 6.41. The number of H-pyrrole nitrogens is 1. The summed E-state index contributed by atoms with van der Waals surface area (Å²) >= 11 is 0. The molecule has 1 aromatic carbocycles. The van der Waals surface area contributed by atoms with E-state index in [1.54, 1.807) is 0 Å². The predicted molar refractivity (Wildman–Crippen MR) is 74.9 cm³/mol. The Labute approximate surface area is 108 Å². The van der Waals surface area contributed by atoms with Gasteiger partial charge in [0.2, 0.25) is 0 Å². The lowest BCUT2D eigenvalue weighted by Crippen LogP contribution is -2.27. The van der Waals surface area contributed by atoms with E-state index in [0.717, 1.165) is 19.3 Å². The van der Waals surface area contributed by atoms with Gasteiger partial charge in [-0.3, -0.25) is 0 Å². The molecule has 4 rings (SSSR count). The zero-order valence-corrected chi connectivity index (χ0v) is 10.9. The zero-order valence-electron chi connectivity index (χ0n) is 10.9. The summed E-state index contributed by atoms with van der Waals surface area (Å²) in [6.07, 6.45) is 5.94. The summed E-state index contributed by atoms with van der Waals surface area (Å²) < 4.78 is 0. The van der Waals surface area contributed by atoms with Crippen molar-refractivity contribution in [3.63, 3.8) is 0 Å². The molecular formula is C16H20N2. The maximum atomic E-state index is 6.12. The van der Waals surface area contributed by atoms with Crippen LogP contribution in [0.15, 0.2) is 18.2 Å². The van der Waals surface area contributed by atoms with Gasteiger partial charge in [-0.25, -0.2) is 0 Å². The highest BCUT2D eigenvalue weighted by Gasteiger charge is 2.39. The van der Waals surface area contributed by atoms with Gasteiger partial charge >= 0.3 is 0 Å². The fraction of sp³-hybridized carbons (Fsp3) is 0.500. The van der Waals surface area contributed by atoms with Crippen molar-refractivity contribution in [2.45, 2.75) is 50.5 Å². The number of rotatable bonds is 1. The first-order valence-electron chi connectivity index (χ1n) is 7.05. The summed E-state index contributed by atoms with van der Waals surface area (Å²) in [6, 6.07) is 7.32. The van der Waals surface area contributed by atoms with Gasteiger partial charge in [0.1, 0.15) is 0 Å². The first kappa shape index (κ1) is 10.6. The van der Waals surface area contributed by atoms with Crippen molar-refractivity contribution in [1.82, 2.24) is 4.98 Å². The third kappa shape index (κ3) is 1.45. The van der Waals surface area contributed by atoms with Crippen molar-refractivity contribution >= 4 is 10.9 Å². The minimum absolute atomic E-state index is 0.344. The van der Waals surface area contributed by atoms with Gasteiger partial charge in [-0.2, -0.15) is 0 Å². The summed E-state index contributed by atoms with van der Waals surface area (Å²) in [4.78, 5) is 3.58. The van der Waals surface area contributed by atoms with Crippen molar-refractivity contribution in [3.05, 3.63) is 35.0 Å². The summed E-state index contributed by atoms with van der Waals surface area (Å²) in [6.45, 7) is 2.37. The second-order valence-corrected chi connectivity index (χ2v) is 6.41. The SMILES string of the molecule is CC1(c2ccc3[nH]c4c(c3c2)C[C@H](N)CC4)CC1. The van der Waals surface area contributed by atoms with E-state index in [9.17, 15) is 0 Å². The highest BCUT2D eigenvalue weighted by Crippen LogP contribution is 2.48. The van der Waals surface area contributed by atoms with Crippen molar-refractivity contribution in [3.8, 4) is 0 Å². The smallest absolute Gasteiger partial charge is 0.0459 e. The number of nitrogens with two attached hydrogens (primary N) is 1. The molecule has 1 aromatic heterocycles. The van der Waals surface area contributed by atoms with Crippen LogP contribution in [0.1, 0.15) is 43.0 Å². The quantitative estimate of drug-likeness (QED) is 0.790. The Morgan fingerprint density at radius 3 is 2.94 bits per heavy atom. The Morgan fingerprint density at radius 2 is 2.17 bits per heavy atom. The Morgan fingerprint density at radius 1 is 1.33 bits per heavy atom. The molecule has 0 spiro atoms. The topological polar surface area (TPSA) is 41.8 Å². The lowest BCUT2D eigenvalue weighted by Gasteiger charge is -2.18. The van der Waals surface area contributed by atoms with Gasteiger partial charge in [0, 0.05) is 22.6 Å². The van der Waals surface area contributed by atoms with E-state index in [0.29, 0.717) is 11.5 Å². The number of benzene rings is 1. The van der Waals surface area contributed by atoms with Gasteiger partial charge in [0.25, 0.3) is 0 Å². The molecule has 0 radical (unpaired) electrons. The number of aryl methyl sites for hydroxylation is 1. The predicted octanol–water partition coefficient (Wildman–Crippen LogP) is 3.04. The molecule has 3 N–H and O–H groups in total. The maximum absolute atomic E-state index is 6.12. The number of hydrogen-bond acceptors (Lipinski definition) is 1. The van der Waals surface area contributed by atoms with Gasteiger partial charge < -0.3 is 10.7 Å². The molecule has 2 aromatic rings.